The van der Waals surface area contributed by atoms with Crippen molar-refractivity contribution in [1.82, 2.24) is 5.32 Å². The molecule has 2 fully saturated rings. The summed E-state index contributed by atoms with van der Waals surface area (Å²) in [5.74, 6) is 0. The van der Waals surface area contributed by atoms with Gasteiger partial charge in [0.2, 0.25) is 0 Å². The summed E-state index contributed by atoms with van der Waals surface area (Å²) < 4.78 is 0. The van der Waals surface area contributed by atoms with Gasteiger partial charge in [-0.15, -0.1) is 9.24 Å². The van der Waals surface area contributed by atoms with Crippen LogP contribution in [0.25, 0.3) is 0 Å². The summed E-state index contributed by atoms with van der Waals surface area (Å²) in [6.07, 6.45) is 18.2. The quantitative estimate of drug-likeness (QED) is 0.162. The Morgan fingerprint density at radius 1 is 1.00 bits per heavy atom. The summed E-state index contributed by atoms with van der Waals surface area (Å²) in [6.45, 7) is 5.74. The number of halogens is 2. The normalized spacial score (nSPS) is 19.2. The molecule has 0 aromatic carbocycles. The Hall–Kier alpha value is 1.78. The predicted molar refractivity (Wildman–Crippen MR) is 116 cm³/mol. The van der Waals surface area contributed by atoms with Gasteiger partial charge in [0.25, 0.3) is 0 Å². The van der Waals surface area contributed by atoms with Crippen LogP contribution in [0.3, 0.4) is 0 Å². The van der Waals surface area contributed by atoms with Gasteiger partial charge in [-0.3, -0.25) is 6.79 Å². The molecule has 1 unspecified atom stereocenters. The fourth-order valence-corrected chi connectivity index (χ4v) is 8.60. The Morgan fingerprint density at radius 3 is 1.79 bits per heavy atom. The maximum atomic E-state index is 7.75. The third-order valence-electron chi connectivity index (χ3n) is 5.17. The minimum absolute atomic E-state index is 0.0957. The molecule has 2 nitrogen and oxygen atoms in total. The SMILES string of the molecule is PCCNCC[PH+](C1CCCCC1)C1CCCCC1.[CH-]=O.[Cl][Mn][Br]. The van der Waals surface area contributed by atoms with Crippen molar-refractivity contribution in [2.75, 3.05) is 25.4 Å². The number of rotatable bonds is 7. The van der Waals surface area contributed by atoms with Gasteiger partial charge in [0.15, 0.2) is 0 Å². The van der Waals surface area contributed by atoms with Crippen LogP contribution in [0.15, 0.2) is 0 Å². The van der Waals surface area contributed by atoms with Gasteiger partial charge in [0.1, 0.15) is 0 Å². The molecule has 0 aromatic heterocycles. The Labute approximate surface area is 170 Å². The zero-order valence-corrected chi connectivity index (χ0v) is 20.4. The average Bonchev–Trinajstić information content (AvgIpc) is 2.66. The zero-order chi connectivity index (χ0) is 18.0. The Bertz CT molecular complexity index is 253. The Kier molecular flexibility index (Phi) is 21.0. The van der Waals surface area contributed by atoms with Crippen molar-refractivity contribution in [3.05, 3.63) is 0 Å². The van der Waals surface area contributed by atoms with Gasteiger partial charge in [-0.25, -0.2) is 0 Å². The van der Waals surface area contributed by atoms with E-state index in [2.05, 4.69) is 35.5 Å². The molecule has 0 aromatic rings. The number of carbonyl (C=O) groups excluding carboxylic acids is 1. The van der Waals surface area contributed by atoms with E-state index in [0.717, 1.165) is 0 Å². The van der Waals surface area contributed by atoms with E-state index in [-0.39, 0.29) is 7.92 Å². The molecule has 0 spiro atoms. The van der Waals surface area contributed by atoms with E-state index in [9.17, 15) is 0 Å². The first kappa shape index (κ1) is 25.8. The summed E-state index contributed by atoms with van der Waals surface area (Å²) in [4.78, 5) is 7.75. The van der Waals surface area contributed by atoms with E-state index in [0.29, 0.717) is 12.2 Å². The summed E-state index contributed by atoms with van der Waals surface area (Å²) in [6, 6.07) is 0. The van der Waals surface area contributed by atoms with Crippen LogP contribution in [0.4, 0.5) is 0 Å². The van der Waals surface area contributed by atoms with Crippen molar-refractivity contribution in [2.24, 2.45) is 0 Å². The average molecular weight is 502 g/mol. The van der Waals surface area contributed by atoms with Gasteiger partial charge in [0, 0.05) is 14.5 Å². The molecule has 0 amide bonds. The van der Waals surface area contributed by atoms with E-state index in [1.54, 1.807) is 31.8 Å². The minimum atomic E-state index is -0.0957. The van der Waals surface area contributed by atoms with Gasteiger partial charge < -0.3 is 10.1 Å². The molecule has 1 N–H and O–H groups in total. The van der Waals surface area contributed by atoms with E-state index < -0.39 is 0 Å². The molecule has 0 heterocycles. The van der Waals surface area contributed by atoms with Gasteiger partial charge in [-0.2, -0.15) is 0 Å². The molecular formula is C17H35BrClMnNOP2. The first-order valence-corrected chi connectivity index (χ1v) is 16.4. The molecule has 145 valence electrons. The van der Waals surface area contributed by atoms with E-state index >= 15 is 0 Å². The topological polar surface area (TPSA) is 29.1 Å². The van der Waals surface area contributed by atoms with E-state index in [1.165, 1.54) is 69.1 Å². The van der Waals surface area contributed by atoms with Crippen LogP contribution in [0, 0.1) is 0 Å². The zero-order valence-electron chi connectivity index (χ0n) is 14.8. The Balaban J connectivity index is 0.000000952. The van der Waals surface area contributed by atoms with Gasteiger partial charge in [0.05, 0.1) is 17.5 Å². The molecule has 2 aliphatic rings. The van der Waals surface area contributed by atoms with Crippen LogP contribution >= 0.6 is 41.4 Å². The standard InChI is InChI=1S/C16H33NP2.CHO.BrH.ClH.Mn/c18-13-11-17-12-14-19(15-7-3-1-4-8-15)16-9-5-2-6-10-16;1-2;;;/h15-17H,1-14,18H2;1H;2*1H;/q;-1;;;+2/p-1. The van der Waals surface area contributed by atoms with Crippen molar-refractivity contribution < 1.29 is 17.0 Å². The fourth-order valence-electron chi connectivity index (χ4n) is 4.15. The molecule has 0 radical (unpaired) electrons. The first-order chi connectivity index (χ1) is 11.8. The van der Waals surface area contributed by atoms with Crippen LogP contribution < -0.4 is 5.32 Å². The molecule has 2 aliphatic carbocycles. The van der Waals surface area contributed by atoms with Crippen LogP contribution in [0.2, 0.25) is 0 Å². The Morgan fingerprint density at radius 2 is 1.42 bits per heavy atom. The third kappa shape index (κ3) is 12.2. The van der Waals surface area contributed by atoms with Crippen LogP contribution in [-0.2, 0) is 17.0 Å². The summed E-state index contributed by atoms with van der Waals surface area (Å²) >= 11 is 3.29. The molecule has 0 bridgehead atoms. The van der Waals surface area contributed by atoms with Crippen molar-refractivity contribution in [2.45, 2.75) is 75.5 Å². The molecule has 2 rings (SSSR count). The molecule has 1 atom stereocenters. The maximum absolute atomic E-state index is 7.75. The van der Waals surface area contributed by atoms with Gasteiger partial charge >= 0.3 is 36.4 Å². The molecular weight excluding hydrogens is 466 g/mol. The number of hydrogen-bond donors (Lipinski definition) is 1. The fraction of sp³-hybridized carbons (Fsp3) is 0.941. The molecule has 2 saturated carbocycles. The van der Waals surface area contributed by atoms with Crippen molar-refractivity contribution in [1.29, 1.82) is 0 Å². The van der Waals surface area contributed by atoms with Crippen molar-refractivity contribution in [3.8, 4) is 0 Å². The van der Waals surface area contributed by atoms with Crippen molar-refractivity contribution >= 4 is 48.2 Å². The second-order valence-corrected chi connectivity index (χ2v) is 13.9. The summed E-state index contributed by atoms with van der Waals surface area (Å²) in [7, 11) is 7.68. The molecule has 7 heteroatoms. The van der Waals surface area contributed by atoms with Gasteiger partial charge in [-0.1, -0.05) is 12.8 Å². The van der Waals surface area contributed by atoms with Crippen LogP contribution in [0.1, 0.15) is 64.2 Å². The second-order valence-electron chi connectivity index (χ2n) is 6.59. The van der Waals surface area contributed by atoms with E-state index in [1.807, 2.05) is 0 Å². The molecule has 24 heavy (non-hydrogen) atoms. The van der Waals surface area contributed by atoms with Crippen LogP contribution in [-0.4, -0.2) is 43.5 Å². The summed E-state index contributed by atoms with van der Waals surface area (Å²) in [5.41, 5.74) is 2.33. The second kappa shape index (κ2) is 19.5. The first-order valence-electron chi connectivity index (χ1n) is 9.20. The number of nitrogens with one attached hydrogen (secondary N) is 1. The van der Waals surface area contributed by atoms with Crippen LogP contribution in [0.5, 0.6) is 0 Å². The molecule has 0 saturated heterocycles. The third-order valence-corrected chi connectivity index (χ3v) is 9.54. The predicted octanol–water partition coefficient (Wildman–Crippen LogP) is 5.59. The monoisotopic (exact) mass is 500 g/mol. The van der Waals surface area contributed by atoms with Crippen molar-refractivity contribution in [3.63, 3.8) is 0 Å². The van der Waals surface area contributed by atoms with E-state index in [4.69, 9.17) is 14.9 Å². The molecule has 0 aliphatic heterocycles. The van der Waals surface area contributed by atoms with Gasteiger partial charge in [-0.05, 0) is 64.1 Å². The number of hydrogen-bond acceptors (Lipinski definition) is 2. The summed E-state index contributed by atoms with van der Waals surface area (Å²) in [5, 5.41) is 3.65.